The van der Waals surface area contributed by atoms with Gasteiger partial charge in [-0.1, -0.05) is 45.9 Å². The van der Waals surface area contributed by atoms with E-state index in [9.17, 15) is 54.8 Å². The van der Waals surface area contributed by atoms with Gasteiger partial charge in [0, 0.05) is 112 Å². The number of hydrogen-bond donors (Lipinski definition) is 9. The van der Waals surface area contributed by atoms with E-state index < -0.39 is 93.7 Å². The standard InChI is InChI=1S/C43H58N4O12.C6H9N3O3.C6H7N3O/c1-21-12-11-13-22(2)42(55)45-33-28(20-44-47-17-15-46(9)16-18-47)37(52)30-31(38(33)53)36(51)26(6)40-32(30)41(54)43(8,59-40)57-19-14-29(56-10)23(3)39(58-27(7)48)25(5)35(50)24(4)34(21)49;1-5-7-4-6(9(11)12)8(5)2-3-10;7-9-6(10)5-1-3-8-4-2-5/h11-14,19-21,23-25,29,34-35,39,49-53H,15-18H2,1-10H3,(H,45,55);4,10H,2-3H2,1H3;1-4H,7H2,(H,9,10)/b12-11+,19-14+,22-13-,44-20-;;/t21-,23-,24-,25+,29+,34-,35+,39-,43+;;/m1../s1. The number of fused-ring (bicyclic) bond motifs is 14. The first kappa shape index (κ1) is 63.8. The summed E-state index contributed by atoms with van der Waals surface area (Å²) in [5.41, 5.74) is 2.18. The Kier molecular flexibility index (Phi) is 22.0. The number of allylic oxidation sites excluding steroid dienone is 2. The van der Waals surface area contributed by atoms with E-state index in [0.29, 0.717) is 24.5 Å². The number of anilines is 1. The number of aliphatic hydroxyl groups is 3. The van der Waals surface area contributed by atoms with Gasteiger partial charge < -0.3 is 69.9 Å². The number of phenolic OH excluding ortho intramolecular Hbond substituents is 3. The fraction of sp³-hybridized carbons (Fsp3) is 0.473. The van der Waals surface area contributed by atoms with E-state index in [-0.39, 0.29) is 69.3 Å². The molecule has 6 heterocycles. The number of pyridine rings is 1. The zero-order chi connectivity index (χ0) is 60.2. The normalized spacial score (nSPS) is 26.0. The quantitative estimate of drug-likeness (QED) is 0.0175. The molecule has 10 N–H and O–H groups in total. The summed E-state index contributed by atoms with van der Waals surface area (Å²) < 4.78 is 25.0. The molecule has 0 aliphatic carbocycles. The molecule has 0 spiro atoms. The van der Waals surface area contributed by atoms with Crippen molar-refractivity contribution in [2.24, 2.45) is 34.6 Å². The molecule has 4 aliphatic heterocycles. The molecule has 9 atom stereocenters. The number of ketones is 1. The Morgan fingerprint density at radius 3 is 2.23 bits per heavy atom. The van der Waals surface area contributed by atoms with Gasteiger partial charge in [0.2, 0.25) is 0 Å². The lowest BCUT2D eigenvalue weighted by atomic mass is 9.78. The molecule has 81 heavy (non-hydrogen) atoms. The number of nitrogens with two attached hydrogens (primary N) is 1. The van der Waals surface area contributed by atoms with Gasteiger partial charge in [-0.2, -0.15) is 5.10 Å². The molecule has 26 nitrogen and oxygen atoms in total. The predicted octanol–water partition coefficient (Wildman–Crippen LogP) is 4.11. The number of Topliss-reactive ketones (excluding diaryl/α,β-unsaturated/α-hetero) is 1. The Balaban J connectivity index is 0.000000450. The summed E-state index contributed by atoms with van der Waals surface area (Å²) in [5, 5.41) is 85.8. The number of hydrazone groups is 1. The predicted molar refractivity (Wildman–Crippen MR) is 297 cm³/mol. The number of ether oxygens (including phenoxy) is 4. The molecule has 4 aliphatic rings. The van der Waals surface area contributed by atoms with Gasteiger partial charge in [-0.3, -0.25) is 34.6 Å². The molecule has 2 amide bonds. The highest BCUT2D eigenvalue weighted by Crippen LogP contribution is 2.55. The van der Waals surface area contributed by atoms with Crippen molar-refractivity contribution in [3.63, 3.8) is 0 Å². The number of likely N-dealkylation sites (N-methyl/N-ethyl adjacent to an activating group) is 1. The van der Waals surface area contributed by atoms with E-state index in [2.05, 4.69) is 25.3 Å². The largest absolute Gasteiger partial charge is 0.507 e. The van der Waals surface area contributed by atoms with Crippen molar-refractivity contribution in [2.75, 3.05) is 52.3 Å². The summed E-state index contributed by atoms with van der Waals surface area (Å²) >= 11 is 0. The number of nitro groups is 1. The number of nitrogens with one attached hydrogen (secondary N) is 2. The van der Waals surface area contributed by atoms with E-state index in [0.717, 1.165) is 13.1 Å². The van der Waals surface area contributed by atoms with Crippen molar-refractivity contribution in [1.29, 1.82) is 0 Å². The summed E-state index contributed by atoms with van der Waals surface area (Å²) in [6.45, 7) is 16.8. The molecular formula is C55H74N10O16. The monoisotopic (exact) mass is 1130 g/mol. The molecule has 0 saturated carbocycles. The number of carbonyl (C=O) groups excluding carboxylic acids is 4. The molecule has 2 aromatic carbocycles. The number of hydrogen-bond acceptors (Lipinski definition) is 22. The molecule has 5 bridgehead atoms. The zero-order valence-corrected chi connectivity index (χ0v) is 47.2. The number of aromatic nitrogens is 3. The Hall–Kier alpha value is -8.01. The summed E-state index contributed by atoms with van der Waals surface area (Å²) in [7, 11) is 3.42. The van der Waals surface area contributed by atoms with E-state index in [1.807, 2.05) is 12.5 Å². The number of imidazole rings is 1. The number of phenols is 3. The third kappa shape index (κ3) is 14.7. The van der Waals surface area contributed by atoms with Crippen LogP contribution in [0.15, 0.2) is 72.0 Å². The number of carbonyl (C=O) groups is 4. The van der Waals surface area contributed by atoms with E-state index in [4.69, 9.17) is 29.9 Å². The van der Waals surface area contributed by atoms with E-state index in [1.165, 1.54) is 82.6 Å². The second-order valence-corrected chi connectivity index (χ2v) is 20.1. The van der Waals surface area contributed by atoms with Crippen LogP contribution in [0.5, 0.6) is 23.0 Å². The Morgan fingerprint density at radius 1 is 0.988 bits per heavy atom. The van der Waals surface area contributed by atoms with Crippen LogP contribution in [0.2, 0.25) is 0 Å². The van der Waals surface area contributed by atoms with Gasteiger partial charge in [0.15, 0.2) is 11.6 Å². The van der Waals surface area contributed by atoms with Gasteiger partial charge in [-0.15, -0.1) is 0 Å². The van der Waals surface area contributed by atoms with Crippen LogP contribution < -0.4 is 21.3 Å². The number of esters is 1. The van der Waals surface area contributed by atoms with Gasteiger partial charge in [0.25, 0.3) is 17.6 Å². The van der Waals surface area contributed by atoms with Gasteiger partial charge >= 0.3 is 17.6 Å². The minimum Gasteiger partial charge on any atom is -0.507 e. The highest BCUT2D eigenvalue weighted by molar-refractivity contribution is 6.24. The Labute approximate surface area is 468 Å². The third-order valence-corrected chi connectivity index (χ3v) is 14.5. The van der Waals surface area contributed by atoms with E-state index in [1.54, 1.807) is 63.9 Å². The number of hydrazine groups is 1. The van der Waals surface area contributed by atoms with Crippen molar-refractivity contribution in [1.82, 2.24) is 29.9 Å². The number of amides is 2. The van der Waals surface area contributed by atoms with Crippen molar-refractivity contribution < 1.29 is 73.7 Å². The fourth-order valence-corrected chi connectivity index (χ4v) is 9.49. The first-order valence-corrected chi connectivity index (χ1v) is 26.0. The molecule has 440 valence electrons. The number of rotatable bonds is 8. The lowest BCUT2D eigenvalue weighted by Gasteiger charge is -2.38. The molecular weight excluding hydrogens is 1060 g/mol. The topological polar surface area (TPSA) is 369 Å². The SMILES string of the molecule is CO[C@H]1/C=C/O[C@@]2(C)Oc3c(C)c(O)c4c(O)c(c(/C=N\N5CCN(C)CC5)c(O)c4c3C2=O)NC(=O)/C(C)=C\C=C\[C@@H](C)[C@@H](O)[C@@H](C)[C@H](O)[C@H](C)[C@H](OC(C)=O)[C@@H]1C.Cc1ncc([N+](=O)[O-])n1CCO.NNC(=O)c1ccncc1. The van der Waals surface area contributed by atoms with Crippen LogP contribution in [0.1, 0.15) is 86.1 Å². The van der Waals surface area contributed by atoms with Crippen molar-refractivity contribution >= 4 is 52.1 Å². The fourth-order valence-electron chi connectivity index (χ4n) is 9.49. The maximum atomic E-state index is 14.4. The van der Waals surface area contributed by atoms with Crippen LogP contribution in [0, 0.1) is 47.6 Å². The average molecular weight is 1130 g/mol. The first-order valence-electron chi connectivity index (χ1n) is 26.0. The number of nitrogens with zero attached hydrogens (tertiary/aromatic N) is 7. The van der Waals surface area contributed by atoms with Crippen LogP contribution in [0.4, 0.5) is 11.5 Å². The second-order valence-electron chi connectivity index (χ2n) is 20.1. The van der Waals surface area contributed by atoms with Crippen molar-refractivity contribution in [3.8, 4) is 23.0 Å². The minimum atomic E-state index is -2.04. The highest BCUT2D eigenvalue weighted by atomic mass is 16.7. The van der Waals surface area contributed by atoms with Crippen LogP contribution in [-0.2, 0) is 30.3 Å². The van der Waals surface area contributed by atoms with Crippen LogP contribution >= 0.6 is 0 Å². The molecule has 26 heteroatoms. The van der Waals surface area contributed by atoms with Gasteiger partial charge in [0.1, 0.15) is 36.1 Å². The Bertz CT molecular complexity index is 3050. The van der Waals surface area contributed by atoms with E-state index >= 15 is 0 Å². The lowest BCUT2D eigenvalue weighted by molar-refractivity contribution is -0.392. The molecule has 1 fully saturated rings. The zero-order valence-electron chi connectivity index (χ0n) is 47.2. The van der Waals surface area contributed by atoms with Crippen molar-refractivity contribution in [2.45, 2.75) is 99.1 Å². The molecule has 8 rings (SSSR count). The maximum absolute atomic E-state index is 14.4. The smallest absolute Gasteiger partial charge is 0.342 e. The number of aliphatic hydroxyl groups excluding tert-OH is 3. The average Bonchev–Trinajstić information content (AvgIpc) is 4.14. The minimum absolute atomic E-state index is 0.0559. The van der Waals surface area contributed by atoms with Gasteiger partial charge in [-0.05, 0) is 44.0 Å². The molecule has 4 aromatic rings. The summed E-state index contributed by atoms with van der Waals surface area (Å²) in [4.78, 5) is 70.7. The molecule has 2 aromatic heterocycles. The lowest BCUT2D eigenvalue weighted by Crippen LogP contribution is -2.46. The number of methoxy groups -OCH3 is 1. The molecule has 0 unspecified atom stereocenters. The first-order chi connectivity index (χ1) is 38.2. The molecule has 0 radical (unpaired) electrons. The van der Waals surface area contributed by atoms with Crippen LogP contribution in [0.25, 0.3) is 10.8 Å². The highest BCUT2D eigenvalue weighted by Gasteiger charge is 2.50. The summed E-state index contributed by atoms with van der Waals surface area (Å²) in [6.07, 6.45) is 9.11. The third-order valence-electron chi connectivity index (χ3n) is 14.5. The molecule has 1 saturated heterocycles. The Morgan fingerprint density at radius 2 is 1.64 bits per heavy atom. The van der Waals surface area contributed by atoms with Crippen LogP contribution in [0.3, 0.4) is 0 Å². The van der Waals surface area contributed by atoms with Crippen molar-refractivity contribution in [3.05, 3.63) is 105 Å². The number of nitrogen functional groups attached to an aromatic ring is 1. The summed E-state index contributed by atoms with van der Waals surface area (Å²) in [5.74, 6) is -3.31. The van der Waals surface area contributed by atoms with Gasteiger partial charge in [-0.25, -0.2) is 15.4 Å². The maximum Gasteiger partial charge on any atom is 0.342 e. The summed E-state index contributed by atoms with van der Waals surface area (Å²) in [6, 6.07) is 3.17. The number of aryl methyl sites for hydroxylation is 1. The second kappa shape index (κ2) is 27.9. The van der Waals surface area contributed by atoms with Crippen LogP contribution in [-0.4, -0.2) is 167 Å². The number of piperazine rings is 1. The number of aromatic hydroxyl groups is 3. The number of benzene rings is 2. The van der Waals surface area contributed by atoms with Gasteiger partial charge in [0.05, 0.1) is 59.6 Å².